The van der Waals surface area contributed by atoms with Gasteiger partial charge in [0.1, 0.15) is 0 Å². The van der Waals surface area contributed by atoms with Gasteiger partial charge < -0.3 is 9.47 Å². The van der Waals surface area contributed by atoms with E-state index in [4.69, 9.17) is 9.47 Å². The van der Waals surface area contributed by atoms with Gasteiger partial charge in [0.15, 0.2) is 11.6 Å². The first kappa shape index (κ1) is 12.8. The highest BCUT2D eigenvalue weighted by atomic mass is 32.2. The molecule has 16 heavy (non-hydrogen) atoms. The van der Waals surface area contributed by atoms with Gasteiger partial charge in [-0.1, -0.05) is 0 Å². The molecule has 0 amide bonds. The fraction of sp³-hybridized carbons (Fsp3) is 0.364. The summed E-state index contributed by atoms with van der Waals surface area (Å²) in [5.74, 6) is -0.881. The van der Waals surface area contributed by atoms with Crippen LogP contribution in [0.5, 0.6) is 5.75 Å². The molecule has 0 unspecified atom stereocenters. The molecule has 0 fully saturated rings. The van der Waals surface area contributed by atoms with Crippen LogP contribution in [0, 0.1) is 5.82 Å². The van der Waals surface area contributed by atoms with Crippen molar-refractivity contribution in [3.05, 3.63) is 23.5 Å². The number of carbonyl (C=O) groups is 1. The zero-order chi connectivity index (χ0) is 12.1. The zero-order valence-corrected chi connectivity index (χ0v) is 10.2. The third kappa shape index (κ3) is 2.66. The largest absolute Gasteiger partial charge is 0.494 e. The Morgan fingerprint density at radius 1 is 1.50 bits per heavy atom. The minimum absolute atomic E-state index is 0.0508. The van der Waals surface area contributed by atoms with Crippen LogP contribution in [0.2, 0.25) is 0 Å². The van der Waals surface area contributed by atoms with Crippen molar-refractivity contribution in [3.63, 3.8) is 0 Å². The average Bonchev–Trinajstić information content (AvgIpc) is 2.29. The summed E-state index contributed by atoms with van der Waals surface area (Å²) in [6.45, 7) is 2.00. The topological polar surface area (TPSA) is 35.5 Å². The van der Waals surface area contributed by atoms with Gasteiger partial charge in [-0.3, -0.25) is 0 Å². The molecule has 0 atom stereocenters. The monoisotopic (exact) mass is 244 g/mol. The molecule has 1 aromatic rings. The van der Waals surface area contributed by atoms with Crippen molar-refractivity contribution in [2.45, 2.75) is 11.8 Å². The average molecular weight is 244 g/mol. The van der Waals surface area contributed by atoms with E-state index in [0.29, 0.717) is 10.5 Å². The van der Waals surface area contributed by atoms with Gasteiger partial charge in [-0.2, -0.15) is 0 Å². The first-order valence-electron chi connectivity index (χ1n) is 4.72. The highest BCUT2D eigenvalue weighted by molar-refractivity contribution is 7.98. The summed E-state index contributed by atoms with van der Waals surface area (Å²) in [6.07, 6.45) is 1.73. The predicted octanol–water partition coefficient (Wildman–Crippen LogP) is 2.73. The molecule has 0 aliphatic heterocycles. The minimum Gasteiger partial charge on any atom is -0.494 e. The molecule has 5 heteroatoms. The fourth-order valence-electron chi connectivity index (χ4n) is 1.20. The summed E-state index contributed by atoms with van der Waals surface area (Å²) in [4.78, 5) is 11.8. The second-order valence-electron chi connectivity index (χ2n) is 2.92. The maximum atomic E-state index is 13.6. The second-order valence-corrected chi connectivity index (χ2v) is 3.76. The lowest BCUT2D eigenvalue weighted by molar-refractivity contribution is 0.0525. The van der Waals surface area contributed by atoms with Crippen LogP contribution in [0.25, 0.3) is 0 Å². The Kier molecular flexibility index (Phi) is 4.61. The van der Waals surface area contributed by atoms with E-state index in [1.807, 2.05) is 0 Å². The number of esters is 1. The lowest BCUT2D eigenvalue weighted by atomic mass is 10.2. The summed E-state index contributed by atoms with van der Waals surface area (Å²) in [7, 11) is 1.36. The normalized spacial score (nSPS) is 10.0. The summed E-state index contributed by atoms with van der Waals surface area (Å²) >= 11 is 1.21. The van der Waals surface area contributed by atoms with Gasteiger partial charge in [-0.15, -0.1) is 11.8 Å². The molecule has 0 saturated heterocycles. The standard InChI is InChI=1S/C11H13FO3S/c1-4-15-11(13)7-5-8(14-2)10(12)9(6-7)16-3/h5-6H,4H2,1-3H3. The van der Waals surface area contributed by atoms with Gasteiger partial charge in [-0.25, -0.2) is 9.18 Å². The molecular weight excluding hydrogens is 231 g/mol. The Morgan fingerprint density at radius 3 is 2.69 bits per heavy atom. The van der Waals surface area contributed by atoms with E-state index in [0.717, 1.165) is 0 Å². The van der Waals surface area contributed by atoms with Gasteiger partial charge in [0, 0.05) is 4.90 Å². The van der Waals surface area contributed by atoms with E-state index in [1.165, 1.54) is 31.0 Å². The van der Waals surface area contributed by atoms with Crippen molar-refractivity contribution in [2.75, 3.05) is 20.0 Å². The molecule has 0 aliphatic carbocycles. The second kappa shape index (κ2) is 5.75. The van der Waals surface area contributed by atoms with Crippen molar-refractivity contribution < 1.29 is 18.7 Å². The maximum Gasteiger partial charge on any atom is 0.338 e. The van der Waals surface area contributed by atoms with E-state index in [2.05, 4.69) is 0 Å². The van der Waals surface area contributed by atoms with Crippen LogP contribution in [0.15, 0.2) is 17.0 Å². The van der Waals surface area contributed by atoms with Gasteiger partial charge in [0.2, 0.25) is 0 Å². The van der Waals surface area contributed by atoms with Crippen LogP contribution < -0.4 is 4.74 Å². The summed E-state index contributed by atoms with van der Waals surface area (Å²) in [5, 5.41) is 0. The number of hydrogen-bond acceptors (Lipinski definition) is 4. The van der Waals surface area contributed by atoms with E-state index in [-0.39, 0.29) is 12.4 Å². The number of hydrogen-bond donors (Lipinski definition) is 0. The molecule has 0 saturated carbocycles. The first-order chi connectivity index (χ1) is 7.63. The number of halogens is 1. The van der Waals surface area contributed by atoms with Crippen LogP contribution in [0.3, 0.4) is 0 Å². The van der Waals surface area contributed by atoms with Gasteiger partial charge >= 0.3 is 5.97 Å². The zero-order valence-electron chi connectivity index (χ0n) is 9.37. The molecule has 0 heterocycles. The van der Waals surface area contributed by atoms with Crippen LogP contribution >= 0.6 is 11.8 Å². The van der Waals surface area contributed by atoms with Crippen molar-refractivity contribution in [2.24, 2.45) is 0 Å². The highest BCUT2D eigenvalue weighted by Gasteiger charge is 2.15. The van der Waals surface area contributed by atoms with Gasteiger partial charge in [-0.05, 0) is 25.3 Å². The van der Waals surface area contributed by atoms with E-state index >= 15 is 0 Å². The number of thioether (sulfide) groups is 1. The number of methoxy groups -OCH3 is 1. The Bertz CT molecular complexity index is 368. The van der Waals surface area contributed by atoms with Crippen LogP contribution in [-0.2, 0) is 4.74 Å². The van der Waals surface area contributed by atoms with Crippen LogP contribution in [-0.4, -0.2) is 25.9 Å². The predicted molar refractivity (Wildman–Crippen MR) is 60.7 cm³/mol. The number of carbonyl (C=O) groups excluding carboxylic acids is 1. The molecule has 0 spiro atoms. The molecular formula is C11H13FO3S. The Hall–Kier alpha value is -1.23. The lowest BCUT2D eigenvalue weighted by Gasteiger charge is -2.08. The molecule has 0 N–H and O–H groups in total. The molecule has 0 aliphatic rings. The Labute approximate surface area is 97.9 Å². The lowest BCUT2D eigenvalue weighted by Crippen LogP contribution is -2.06. The molecule has 88 valence electrons. The number of ether oxygens (including phenoxy) is 2. The van der Waals surface area contributed by atoms with Crippen molar-refractivity contribution in [1.82, 2.24) is 0 Å². The number of rotatable bonds is 4. The van der Waals surface area contributed by atoms with Crippen LogP contribution in [0.4, 0.5) is 4.39 Å². The molecule has 0 aromatic heterocycles. The van der Waals surface area contributed by atoms with E-state index in [1.54, 1.807) is 13.2 Å². The smallest absolute Gasteiger partial charge is 0.338 e. The molecule has 0 radical (unpaired) electrons. The first-order valence-corrected chi connectivity index (χ1v) is 5.95. The van der Waals surface area contributed by atoms with E-state index < -0.39 is 11.8 Å². The fourth-order valence-corrected chi connectivity index (χ4v) is 1.73. The van der Waals surface area contributed by atoms with Crippen LogP contribution in [0.1, 0.15) is 17.3 Å². The van der Waals surface area contributed by atoms with Crippen molar-refractivity contribution in [3.8, 4) is 5.75 Å². The SMILES string of the molecule is CCOC(=O)c1cc(OC)c(F)c(SC)c1. The maximum absolute atomic E-state index is 13.6. The summed E-state index contributed by atoms with van der Waals surface area (Å²) in [5.41, 5.74) is 0.296. The van der Waals surface area contributed by atoms with E-state index in [9.17, 15) is 9.18 Å². The minimum atomic E-state index is -0.476. The van der Waals surface area contributed by atoms with Gasteiger partial charge in [0.25, 0.3) is 0 Å². The molecule has 0 bridgehead atoms. The summed E-state index contributed by atoms with van der Waals surface area (Å²) < 4.78 is 23.3. The Balaban J connectivity index is 3.16. The third-order valence-electron chi connectivity index (χ3n) is 1.96. The molecule has 3 nitrogen and oxygen atoms in total. The third-order valence-corrected chi connectivity index (χ3v) is 2.69. The highest BCUT2D eigenvalue weighted by Crippen LogP contribution is 2.29. The van der Waals surface area contributed by atoms with Gasteiger partial charge in [0.05, 0.1) is 19.3 Å². The Morgan fingerprint density at radius 2 is 2.19 bits per heavy atom. The summed E-state index contributed by atoms with van der Waals surface area (Å²) in [6, 6.07) is 2.80. The van der Waals surface area contributed by atoms with Crippen molar-refractivity contribution in [1.29, 1.82) is 0 Å². The molecule has 1 rings (SSSR count). The quantitative estimate of drug-likeness (QED) is 0.602. The number of benzene rings is 1. The molecule has 1 aromatic carbocycles. The van der Waals surface area contributed by atoms with Crippen molar-refractivity contribution >= 4 is 17.7 Å².